The van der Waals surface area contributed by atoms with Crippen molar-refractivity contribution in [3.63, 3.8) is 0 Å². The molecule has 5 heteroatoms. The predicted molar refractivity (Wildman–Crippen MR) is 108 cm³/mol. The van der Waals surface area contributed by atoms with Crippen molar-refractivity contribution in [2.75, 3.05) is 0 Å². The molecule has 0 unspecified atom stereocenters. The lowest BCUT2D eigenvalue weighted by molar-refractivity contribution is -0.134. The smallest absolute Gasteiger partial charge is 0.178 e. The molecule has 0 heterocycles. The van der Waals surface area contributed by atoms with Crippen molar-refractivity contribution in [1.29, 1.82) is 0 Å². The van der Waals surface area contributed by atoms with Gasteiger partial charge in [0.05, 0.1) is 0 Å². The Morgan fingerprint density at radius 1 is 0.931 bits per heavy atom. The van der Waals surface area contributed by atoms with Crippen LogP contribution < -0.4 is 0 Å². The molecule has 5 atom stereocenters. The van der Waals surface area contributed by atoms with E-state index in [1.54, 1.807) is 12.2 Å². The number of Topliss-reactive ketones (excluding diaryl/α,β-unsaturated/α-hetero) is 1. The fraction of sp³-hybridized carbons (Fsp3) is 0.500. The number of carbonyl (C=O) groups is 2. The maximum absolute atomic E-state index is 12.3. The van der Waals surface area contributed by atoms with Gasteiger partial charge in [-0.2, -0.15) is 0 Å². The molecule has 0 radical (unpaired) electrons. The van der Waals surface area contributed by atoms with Gasteiger partial charge < -0.3 is 15.3 Å². The third kappa shape index (κ3) is 3.31. The number of aromatic hydroxyl groups is 2. The van der Waals surface area contributed by atoms with Gasteiger partial charge in [0.1, 0.15) is 22.9 Å². The zero-order chi connectivity index (χ0) is 20.8. The minimum atomic E-state index is -0.941. The van der Waals surface area contributed by atoms with Crippen LogP contribution in [-0.4, -0.2) is 32.5 Å². The number of fused-ring (bicyclic) bond motifs is 5. The van der Waals surface area contributed by atoms with Crippen LogP contribution in [0, 0.1) is 23.2 Å². The van der Waals surface area contributed by atoms with Gasteiger partial charge in [0, 0.05) is 11.8 Å². The molecule has 3 saturated carbocycles. The molecule has 4 aliphatic carbocycles. The van der Waals surface area contributed by atoms with E-state index in [1.165, 1.54) is 30.3 Å². The lowest BCUT2D eigenvalue weighted by atomic mass is 9.51. The molecule has 3 fully saturated rings. The van der Waals surface area contributed by atoms with Gasteiger partial charge in [0.15, 0.2) is 5.78 Å². The molecule has 0 aromatic heterocycles. The van der Waals surface area contributed by atoms with Crippen LogP contribution in [0.25, 0.3) is 0 Å². The van der Waals surface area contributed by atoms with Crippen LogP contribution in [0.5, 0.6) is 11.5 Å². The Morgan fingerprint density at radius 2 is 1.59 bits per heavy atom. The first-order valence-corrected chi connectivity index (χ1v) is 10.4. The molecule has 0 amide bonds. The molecular formula is C24H28O5. The van der Waals surface area contributed by atoms with Gasteiger partial charge in [-0.15, -0.1) is 0 Å². The molecule has 29 heavy (non-hydrogen) atoms. The maximum Gasteiger partial charge on any atom is 0.178 e. The molecule has 154 valence electrons. The van der Waals surface area contributed by atoms with Crippen LogP contribution in [0.3, 0.4) is 0 Å². The van der Waals surface area contributed by atoms with Gasteiger partial charge in [0.25, 0.3) is 0 Å². The SMILES string of the molecule is C[C@]12CC[C@H]3[C@@H](CCC4=CC(=O)C=C[C@@]43O)[C@@H]1CCC2=O.Oc1ccc(O)cc1. The van der Waals surface area contributed by atoms with E-state index in [1.807, 2.05) is 0 Å². The molecular weight excluding hydrogens is 368 g/mol. The number of rotatable bonds is 0. The Morgan fingerprint density at radius 3 is 2.24 bits per heavy atom. The third-order valence-corrected chi connectivity index (χ3v) is 7.64. The number of aliphatic hydroxyl groups is 1. The highest BCUT2D eigenvalue weighted by Crippen LogP contribution is 2.60. The van der Waals surface area contributed by atoms with Gasteiger partial charge in [-0.25, -0.2) is 0 Å². The molecule has 1 aromatic rings. The molecule has 0 spiro atoms. The second-order valence-corrected chi connectivity index (χ2v) is 9.08. The van der Waals surface area contributed by atoms with E-state index in [2.05, 4.69) is 6.92 Å². The minimum Gasteiger partial charge on any atom is -0.508 e. The van der Waals surface area contributed by atoms with Crippen molar-refractivity contribution in [3.8, 4) is 11.5 Å². The highest BCUT2D eigenvalue weighted by molar-refractivity contribution is 6.01. The Balaban J connectivity index is 0.000000216. The Kier molecular flexibility index (Phi) is 4.89. The average molecular weight is 396 g/mol. The monoisotopic (exact) mass is 396 g/mol. The summed E-state index contributed by atoms with van der Waals surface area (Å²) in [6.07, 6.45) is 10.1. The first-order valence-electron chi connectivity index (χ1n) is 10.4. The van der Waals surface area contributed by atoms with Crippen LogP contribution in [-0.2, 0) is 9.59 Å². The predicted octanol–water partition coefficient (Wildman–Crippen LogP) is 3.69. The number of carbonyl (C=O) groups excluding carboxylic acids is 2. The Bertz CT molecular complexity index is 862. The first kappa shape index (κ1) is 19.9. The van der Waals surface area contributed by atoms with E-state index in [9.17, 15) is 14.7 Å². The third-order valence-electron chi connectivity index (χ3n) is 7.64. The van der Waals surface area contributed by atoms with Gasteiger partial charge in [-0.05, 0) is 97.9 Å². The van der Waals surface area contributed by atoms with E-state index in [-0.39, 0.29) is 28.6 Å². The van der Waals surface area contributed by atoms with Crippen LogP contribution in [0.15, 0.2) is 48.1 Å². The number of benzene rings is 1. The summed E-state index contributed by atoms with van der Waals surface area (Å²) < 4.78 is 0. The summed E-state index contributed by atoms with van der Waals surface area (Å²) in [6, 6.07) is 5.70. The standard InChI is InChI=1S/C18H22O3.C6H6O2/c1-17-8-7-15-13(14(17)4-5-16(17)20)3-2-11-10-12(19)6-9-18(11,15)21;7-5-1-2-6(8)4-3-5/h6,9-10,13-15,21H,2-5,7-8H2,1H3;1-4,7-8H/t13-,14-,15-,17-,18+;/m0./s1. The fourth-order valence-corrected chi connectivity index (χ4v) is 6.07. The summed E-state index contributed by atoms with van der Waals surface area (Å²) in [5.41, 5.74) is -0.208. The van der Waals surface area contributed by atoms with Crippen molar-refractivity contribution in [2.45, 2.75) is 51.0 Å². The Labute approximate surface area is 170 Å². The van der Waals surface area contributed by atoms with Crippen molar-refractivity contribution in [1.82, 2.24) is 0 Å². The average Bonchev–Trinajstić information content (AvgIpc) is 3.00. The summed E-state index contributed by atoms with van der Waals surface area (Å²) in [4.78, 5) is 23.9. The highest BCUT2D eigenvalue weighted by atomic mass is 16.3. The molecule has 1 aromatic carbocycles. The van der Waals surface area contributed by atoms with Gasteiger partial charge in [-0.3, -0.25) is 9.59 Å². The van der Waals surface area contributed by atoms with E-state index < -0.39 is 5.60 Å². The lowest BCUT2D eigenvalue weighted by Gasteiger charge is -2.54. The number of ketones is 2. The van der Waals surface area contributed by atoms with E-state index in [4.69, 9.17) is 10.2 Å². The summed E-state index contributed by atoms with van der Waals surface area (Å²) in [5, 5.41) is 28.5. The Hall–Kier alpha value is -2.40. The molecule has 3 N–H and O–H groups in total. The summed E-state index contributed by atoms with van der Waals surface area (Å²) in [5.74, 6) is 1.76. The largest absolute Gasteiger partial charge is 0.508 e. The quantitative estimate of drug-likeness (QED) is 0.582. The van der Waals surface area contributed by atoms with Crippen LogP contribution in [0.1, 0.15) is 45.4 Å². The number of phenolic OH excluding ortho intramolecular Hbond substituents is 2. The minimum absolute atomic E-state index is 0.00943. The van der Waals surface area contributed by atoms with E-state index in [0.717, 1.165) is 37.7 Å². The van der Waals surface area contributed by atoms with Crippen molar-refractivity contribution in [2.24, 2.45) is 23.2 Å². The molecule has 0 bridgehead atoms. The lowest BCUT2D eigenvalue weighted by Crippen LogP contribution is -2.54. The van der Waals surface area contributed by atoms with E-state index in [0.29, 0.717) is 24.0 Å². The van der Waals surface area contributed by atoms with Crippen LogP contribution in [0.2, 0.25) is 0 Å². The molecule has 5 nitrogen and oxygen atoms in total. The zero-order valence-corrected chi connectivity index (χ0v) is 16.7. The second kappa shape index (κ2) is 7.13. The molecule has 0 aliphatic heterocycles. The summed E-state index contributed by atoms with van der Waals surface area (Å²) >= 11 is 0. The summed E-state index contributed by atoms with van der Waals surface area (Å²) in [7, 11) is 0. The number of hydrogen-bond donors (Lipinski definition) is 3. The zero-order valence-electron chi connectivity index (χ0n) is 16.7. The summed E-state index contributed by atoms with van der Waals surface area (Å²) in [6.45, 7) is 2.14. The molecule has 0 saturated heterocycles. The molecule has 4 aliphatic rings. The normalized spacial score (nSPS) is 37.6. The van der Waals surface area contributed by atoms with Gasteiger partial charge in [-0.1, -0.05) is 6.92 Å². The second-order valence-electron chi connectivity index (χ2n) is 9.08. The number of allylic oxidation sites excluding steroid dienone is 2. The maximum atomic E-state index is 12.3. The van der Waals surface area contributed by atoms with Crippen molar-refractivity contribution in [3.05, 3.63) is 48.1 Å². The first-order chi connectivity index (χ1) is 13.7. The van der Waals surface area contributed by atoms with Gasteiger partial charge in [0.2, 0.25) is 0 Å². The van der Waals surface area contributed by atoms with E-state index >= 15 is 0 Å². The van der Waals surface area contributed by atoms with Crippen molar-refractivity contribution >= 4 is 11.6 Å². The number of phenols is 2. The number of hydrogen-bond acceptors (Lipinski definition) is 5. The van der Waals surface area contributed by atoms with Gasteiger partial charge >= 0.3 is 0 Å². The molecule has 5 rings (SSSR count). The fourth-order valence-electron chi connectivity index (χ4n) is 6.07. The van der Waals surface area contributed by atoms with Crippen molar-refractivity contribution < 1.29 is 24.9 Å². The topological polar surface area (TPSA) is 94.8 Å². The van der Waals surface area contributed by atoms with Crippen LogP contribution in [0.4, 0.5) is 0 Å². The highest BCUT2D eigenvalue weighted by Gasteiger charge is 2.59. The van der Waals surface area contributed by atoms with Crippen LogP contribution >= 0.6 is 0 Å².